The molecule has 1 amide bonds. The van der Waals surface area contributed by atoms with Crippen LogP contribution in [0, 0.1) is 5.82 Å². The van der Waals surface area contributed by atoms with Crippen LogP contribution in [0.5, 0.6) is 0 Å². The van der Waals surface area contributed by atoms with E-state index in [1.54, 1.807) is 17.0 Å². The first-order valence-corrected chi connectivity index (χ1v) is 7.11. The van der Waals surface area contributed by atoms with Gasteiger partial charge in [-0.3, -0.25) is 4.79 Å². The summed E-state index contributed by atoms with van der Waals surface area (Å²) in [6.07, 6.45) is 0.305. The Balaban J connectivity index is 1.70. The minimum absolute atomic E-state index is 0.0876. The molecule has 2 aliphatic rings. The van der Waals surface area contributed by atoms with Gasteiger partial charge in [-0.05, 0) is 24.1 Å². The highest BCUT2D eigenvalue weighted by atomic mass is 19.1. The number of nitrogens with two attached hydrogens (primary N) is 1. The predicted octanol–water partition coefficient (Wildman–Crippen LogP) is 0.843. The molecule has 3 rings (SSSR count). The molecule has 2 unspecified atom stereocenters. The van der Waals surface area contributed by atoms with Crippen LogP contribution in [0.15, 0.2) is 24.3 Å². The summed E-state index contributed by atoms with van der Waals surface area (Å²) in [5.74, 6) is -0.373. The highest BCUT2D eigenvalue weighted by Gasteiger charge is 2.42. The lowest BCUT2D eigenvalue weighted by Crippen LogP contribution is -2.58. The van der Waals surface area contributed by atoms with Gasteiger partial charge in [-0.2, -0.15) is 0 Å². The van der Waals surface area contributed by atoms with Crippen LogP contribution in [-0.2, 0) is 14.3 Å². The van der Waals surface area contributed by atoms with Gasteiger partial charge in [0.1, 0.15) is 17.5 Å². The van der Waals surface area contributed by atoms with Crippen molar-refractivity contribution in [3.05, 3.63) is 35.6 Å². The fourth-order valence-electron chi connectivity index (χ4n) is 2.78. The molecule has 114 valence electrons. The quantitative estimate of drug-likeness (QED) is 0.878. The number of halogens is 1. The van der Waals surface area contributed by atoms with E-state index in [2.05, 4.69) is 0 Å². The molecule has 2 aliphatic heterocycles. The van der Waals surface area contributed by atoms with Gasteiger partial charge >= 0.3 is 0 Å². The number of morpholine rings is 1. The molecular weight excluding hydrogens is 275 g/mol. The average molecular weight is 294 g/mol. The van der Waals surface area contributed by atoms with Crippen molar-refractivity contribution in [1.29, 1.82) is 0 Å². The van der Waals surface area contributed by atoms with Gasteiger partial charge in [-0.25, -0.2) is 4.39 Å². The van der Waals surface area contributed by atoms with Crippen molar-refractivity contribution in [3.8, 4) is 0 Å². The third-order valence-electron chi connectivity index (χ3n) is 4.07. The molecule has 1 aromatic rings. The van der Waals surface area contributed by atoms with Crippen molar-refractivity contribution in [2.75, 3.05) is 32.9 Å². The van der Waals surface area contributed by atoms with E-state index in [0.717, 1.165) is 5.56 Å². The molecule has 2 fully saturated rings. The zero-order valence-electron chi connectivity index (χ0n) is 11.8. The lowest BCUT2D eigenvalue weighted by molar-refractivity contribution is -0.144. The Hall–Kier alpha value is -1.50. The Morgan fingerprint density at radius 1 is 1.33 bits per heavy atom. The fourth-order valence-corrected chi connectivity index (χ4v) is 2.78. The normalized spacial score (nSPS) is 29.6. The highest BCUT2D eigenvalue weighted by molar-refractivity contribution is 5.86. The van der Waals surface area contributed by atoms with Crippen LogP contribution < -0.4 is 5.73 Å². The smallest absolute Gasteiger partial charge is 0.245 e. The Kier molecular flexibility index (Phi) is 3.93. The van der Waals surface area contributed by atoms with Gasteiger partial charge in [-0.1, -0.05) is 12.1 Å². The minimum atomic E-state index is -0.912. The van der Waals surface area contributed by atoms with E-state index in [4.69, 9.17) is 15.2 Å². The van der Waals surface area contributed by atoms with Crippen LogP contribution in [0.3, 0.4) is 0 Å². The summed E-state index contributed by atoms with van der Waals surface area (Å²) in [6.45, 7) is 2.20. The van der Waals surface area contributed by atoms with E-state index >= 15 is 0 Å². The van der Waals surface area contributed by atoms with E-state index in [0.29, 0.717) is 32.7 Å². The maximum atomic E-state index is 13.0. The minimum Gasteiger partial charge on any atom is -0.379 e. The summed E-state index contributed by atoms with van der Waals surface area (Å²) >= 11 is 0. The number of ether oxygens (including phenoxy) is 2. The summed E-state index contributed by atoms with van der Waals surface area (Å²) in [5, 5.41) is 0. The van der Waals surface area contributed by atoms with Gasteiger partial charge < -0.3 is 20.1 Å². The van der Waals surface area contributed by atoms with Gasteiger partial charge in [0.25, 0.3) is 0 Å². The molecule has 2 heterocycles. The number of carbonyl (C=O) groups is 1. The number of nitrogens with zero attached hydrogens (tertiary/aromatic N) is 1. The SMILES string of the molecule is NC1(C(=O)N2CCOC(c3ccc(F)cc3)C2)CCOC1. The van der Waals surface area contributed by atoms with Crippen LogP contribution in [0.2, 0.25) is 0 Å². The number of hydrogen-bond acceptors (Lipinski definition) is 4. The van der Waals surface area contributed by atoms with Crippen molar-refractivity contribution in [3.63, 3.8) is 0 Å². The predicted molar refractivity (Wildman–Crippen MR) is 74.0 cm³/mol. The Morgan fingerprint density at radius 3 is 2.76 bits per heavy atom. The van der Waals surface area contributed by atoms with Gasteiger partial charge in [0.2, 0.25) is 5.91 Å². The largest absolute Gasteiger partial charge is 0.379 e. The molecular formula is C15H19FN2O3. The molecule has 21 heavy (non-hydrogen) atoms. The molecule has 0 spiro atoms. The van der Waals surface area contributed by atoms with Crippen molar-refractivity contribution in [1.82, 2.24) is 4.90 Å². The molecule has 0 aliphatic carbocycles. The monoisotopic (exact) mass is 294 g/mol. The zero-order chi connectivity index (χ0) is 14.9. The Bertz CT molecular complexity index is 514. The van der Waals surface area contributed by atoms with E-state index in [-0.39, 0.29) is 24.4 Å². The Morgan fingerprint density at radius 2 is 2.10 bits per heavy atom. The second kappa shape index (κ2) is 5.71. The molecule has 2 N–H and O–H groups in total. The molecule has 1 aromatic carbocycles. The summed E-state index contributed by atoms with van der Waals surface area (Å²) in [7, 11) is 0. The third-order valence-corrected chi connectivity index (χ3v) is 4.07. The lowest BCUT2D eigenvalue weighted by Gasteiger charge is -2.37. The lowest BCUT2D eigenvalue weighted by atomic mass is 9.97. The average Bonchev–Trinajstić information content (AvgIpc) is 2.95. The number of rotatable bonds is 2. The number of amides is 1. The molecule has 0 bridgehead atoms. The molecule has 6 heteroatoms. The van der Waals surface area contributed by atoms with E-state index < -0.39 is 5.54 Å². The first kappa shape index (κ1) is 14.4. The van der Waals surface area contributed by atoms with Crippen molar-refractivity contribution in [2.45, 2.75) is 18.1 Å². The van der Waals surface area contributed by atoms with Gasteiger partial charge in [0.15, 0.2) is 0 Å². The van der Waals surface area contributed by atoms with Crippen LogP contribution >= 0.6 is 0 Å². The third kappa shape index (κ3) is 2.92. The van der Waals surface area contributed by atoms with Gasteiger partial charge in [0.05, 0.1) is 19.8 Å². The molecule has 2 atom stereocenters. The highest BCUT2D eigenvalue weighted by Crippen LogP contribution is 2.26. The van der Waals surface area contributed by atoms with Crippen LogP contribution in [-0.4, -0.2) is 49.3 Å². The molecule has 0 radical (unpaired) electrons. The maximum Gasteiger partial charge on any atom is 0.245 e. The zero-order valence-corrected chi connectivity index (χ0v) is 11.8. The van der Waals surface area contributed by atoms with Crippen LogP contribution in [0.1, 0.15) is 18.1 Å². The fraction of sp³-hybridized carbons (Fsp3) is 0.533. The summed E-state index contributed by atoms with van der Waals surface area (Å²) in [5.41, 5.74) is 6.08. The standard InChI is InChI=1S/C15H19FN2O3/c16-12-3-1-11(2-4-12)13-9-18(6-8-21-13)14(19)15(17)5-7-20-10-15/h1-4,13H,5-10,17H2. The molecule has 5 nitrogen and oxygen atoms in total. The molecule has 0 saturated carbocycles. The molecule has 0 aromatic heterocycles. The van der Waals surface area contributed by atoms with Gasteiger partial charge in [0, 0.05) is 13.2 Å². The topological polar surface area (TPSA) is 64.8 Å². The van der Waals surface area contributed by atoms with Crippen molar-refractivity contribution >= 4 is 5.91 Å². The second-order valence-corrected chi connectivity index (χ2v) is 5.62. The van der Waals surface area contributed by atoms with E-state index in [1.165, 1.54) is 12.1 Å². The number of carbonyl (C=O) groups excluding carboxylic acids is 1. The first-order chi connectivity index (χ1) is 10.1. The number of benzene rings is 1. The summed E-state index contributed by atoms with van der Waals surface area (Å²) < 4.78 is 23.9. The summed E-state index contributed by atoms with van der Waals surface area (Å²) in [6, 6.07) is 6.17. The Labute approximate surface area is 122 Å². The van der Waals surface area contributed by atoms with Crippen molar-refractivity contribution in [2.24, 2.45) is 5.73 Å². The van der Waals surface area contributed by atoms with E-state index in [1.807, 2.05) is 0 Å². The molecule has 2 saturated heterocycles. The van der Waals surface area contributed by atoms with E-state index in [9.17, 15) is 9.18 Å². The first-order valence-electron chi connectivity index (χ1n) is 7.11. The maximum absolute atomic E-state index is 13.0. The second-order valence-electron chi connectivity index (χ2n) is 5.62. The van der Waals surface area contributed by atoms with Crippen LogP contribution in [0.25, 0.3) is 0 Å². The van der Waals surface area contributed by atoms with Gasteiger partial charge in [-0.15, -0.1) is 0 Å². The van der Waals surface area contributed by atoms with Crippen LogP contribution in [0.4, 0.5) is 4.39 Å². The number of hydrogen-bond donors (Lipinski definition) is 1. The summed E-state index contributed by atoms with van der Waals surface area (Å²) in [4.78, 5) is 14.3. The van der Waals surface area contributed by atoms with Crippen molar-refractivity contribution < 1.29 is 18.7 Å².